The van der Waals surface area contributed by atoms with Crippen molar-refractivity contribution in [2.75, 3.05) is 26.4 Å². The molecule has 0 saturated heterocycles. The summed E-state index contributed by atoms with van der Waals surface area (Å²) >= 11 is 0. The number of amides is 1. The largest absolute Gasteiger partial charge is 0.394 e. The molecule has 2 N–H and O–H groups in total. The number of carbonyl (C=O) groups is 1. The Morgan fingerprint density at radius 1 is 1.28 bits per heavy atom. The molecule has 0 saturated carbocycles. The summed E-state index contributed by atoms with van der Waals surface area (Å²) in [6.07, 6.45) is 0. The van der Waals surface area contributed by atoms with Crippen molar-refractivity contribution in [3.8, 4) is 0 Å². The van der Waals surface area contributed by atoms with Crippen LogP contribution in [0, 0.1) is 0 Å². The fourth-order valence-corrected chi connectivity index (χ4v) is 1.52. The van der Waals surface area contributed by atoms with Crippen molar-refractivity contribution < 1.29 is 14.6 Å². The fourth-order valence-electron chi connectivity index (χ4n) is 1.52. The molecule has 1 amide bonds. The van der Waals surface area contributed by atoms with Gasteiger partial charge in [0.1, 0.15) is 0 Å². The van der Waals surface area contributed by atoms with E-state index in [1.165, 1.54) is 5.56 Å². The van der Waals surface area contributed by atoms with Gasteiger partial charge in [-0.2, -0.15) is 0 Å². The molecule has 4 heteroatoms. The number of carbonyl (C=O) groups excluding carboxylic acids is 1. The number of aliphatic hydroxyl groups is 1. The number of rotatable bonds is 7. The van der Waals surface area contributed by atoms with Crippen molar-refractivity contribution in [2.24, 2.45) is 0 Å². The van der Waals surface area contributed by atoms with Crippen molar-refractivity contribution >= 4 is 5.91 Å². The lowest BCUT2D eigenvalue weighted by atomic mass is 10.0. The van der Waals surface area contributed by atoms with Crippen molar-refractivity contribution in [2.45, 2.75) is 19.8 Å². The Balaban J connectivity index is 2.37. The number of aliphatic hydroxyl groups excluding tert-OH is 1. The van der Waals surface area contributed by atoms with Gasteiger partial charge in [0.15, 0.2) is 0 Å². The number of ether oxygens (including phenoxy) is 1. The highest BCUT2D eigenvalue weighted by Crippen LogP contribution is 2.14. The Morgan fingerprint density at radius 3 is 2.50 bits per heavy atom. The second kappa shape index (κ2) is 7.84. The molecule has 18 heavy (non-hydrogen) atoms. The van der Waals surface area contributed by atoms with Crippen molar-refractivity contribution in [1.29, 1.82) is 0 Å². The number of benzene rings is 1. The topological polar surface area (TPSA) is 58.6 Å². The molecule has 0 atom stereocenters. The van der Waals surface area contributed by atoms with Gasteiger partial charge >= 0.3 is 0 Å². The highest BCUT2D eigenvalue weighted by Gasteiger charge is 2.05. The lowest BCUT2D eigenvalue weighted by Gasteiger charge is -2.08. The van der Waals surface area contributed by atoms with Gasteiger partial charge in [0.2, 0.25) is 0 Å². The predicted octanol–water partition coefficient (Wildman–Crippen LogP) is 1.55. The quantitative estimate of drug-likeness (QED) is 0.723. The van der Waals surface area contributed by atoms with Crippen molar-refractivity contribution in [3.63, 3.8) is 0 Å². The zero-order valence-electron chi connectivity index (χ0n) is 11.0. The zero-order chi connectivity index (χ0) is 13.4. The molecule has 0 unspecified atom stereocenters. The lowest BCUT2D eigenvalue weighted by Crippen LogP contribution is -2.27. The summed E-state index contributed by atoms with van der Waals surface area (Å²) in [7, 11) is 0. The smallest absolute Gasteiger partial charge is 0.251 e. The minimum Gasteiger partial charge on any atom is -0.394 e. The molecule has 0 radical (unpaired) electrons. The van der Waals surface area contributed by atoms with Crippen LogP contribution in [-0.4, -0.2) is 37.4 Å². The van der Waals surface area contributed by atoms with Crippen LogP contribution in [0.1, 0.15) is 35.7 Å². The standard InChI is InChI=1S/C14H21NO3/c1-11(2)12-3-5-13(6-4-12)14(17)15-7-9-18-10-8-16/h3-6,11,16H,7-10H2,1-2H3,(H,15,17). The fraction of sp³-hybridized carbons (Fsp3) is 0.500. The third-order valence-corrected chi connectivity index (χ3v) is 2.61. The molecule has 1 aromatic rings. The minimum atomic E-state index is -0.0992. The van der Waals surface area contributed by atoms with E-state index in [9.17, 15) is 4.79 Å². The average molecular weight is 251 g/mol. The van der Waals surface area contributed by atoms with Crippen LogP contribution in [0.4, 0.5) is 0 Å². The maximum absolute atomic E-state index is 11.7. The normalized spacial score (nSPS) is 10.7. The molecule has 4 nitrogen and oxygen atoms in total. The molecule has 0 aliphatic rings. The lowest BCUT2D eigenvalue weighted by molar-refractivity contribution is 0.0838. The van der Waals surface area contributed by atoms with E-state index in [0.717, 1.165) is 0 Å². The maximum atomic E-state index is 11.7. The minimum absolute atomic E-state index is 0.00457. The molecule has 0 aliphatic heterocycles. The monoisotopic (exact) mass is 251 g/mol. The highest BCUT2D eigenvalue weighted by molar-refractivity contribution is 5.94. The number of hydrogen-bond donors (Lipinski definition) is 2. The SMILES string of the molecule is CC(C)c1ccc(C(=O)NCCOCCO)cc1. The molecule has 0 aliphatic carbocycles. The summed E-state index contributed by atoms with van der Waals surface area (Å²) < 4.78 is 5.05. The Hall–Kier alpha value is -1.39. The summed E-state index contributed by atoms with van der Waals surface area (Å²) in [6, 6.07) is 7.61. The van der Waals surface area contributed by atoms with Gasteiger partial charge in [-0.25, -0.2) is 0 Å². The zero-order valence-corrected chi connectivity index (χ0v) is 11.0. The Kier molecular flexibility index (Phi) is 6.39. The number of nitrogens with one attached hydrogen (secondary N) is 1. The van der Waals surface area contributed by atoms with Gasteiger partial charge in [0.25, 0.3) is 5.91 Å². The molecule has 1 rings (SSSR count). The van der Waals surface area contributed by atoms with Crippen LogP contribution < -0.4 is 5.32 Å². The summed E-state index contributed by atoms with van der Waals surface area (Å²) in [6.45, 7) is 5.41. The van der Waals surface area contributed by atoms with E-state index in [1.54, 1.807) is 0 Å². The summed E-state index contributed by atoms with van der Waals surface area (Å²) in [4.78, 5) is 11.7. The molecular formula is C14H21NO3. The van der Waals surface area contributed by atoms with Crippen LogP contribution in [0.5, 0.6) is 0 Å². The number of hydrogen-bond acceptors (Lipinski definition) is 3. The van der Waals surface area contributed by atoms with Crippen LogP contribution in [0.3, 0.4) is 0 Å². The van der Waals surface area contributed by atoms with Gasteiger partial charge in [-0.05, 0) is 23.6 Å². The average Bonchev–Trinajstić information content (AvgIpc) is 2.38. The molecule has 0 aromatic heterocycles. The van der Waals surface area contributed by atoms with E-state index in [1.807, 2.05) is 24.3 Å². The van der Waals surface area contributed by atoms with Gasteiger partial charge in [-0.1, -0.05) is 26.0 Å². The van der Waals surface area contributed by atoms with Crippen LogP contribution in [0.15, 0.2) is 24.3 Å². The van der Waals surface area contributed by atoms with Crippen molar-refractivity contribution in [3.05, 3.63) is 35.4 Å². The van der Waals surface area contributed by atoms with Crippen LogP contribution in [-0.2, 0) is 4.74 Å². The second-order valence-electron chi connectivity index (χ2n) is 4.37. The molecular weight excluding hydrogens is 230 g/mol. The first-order valence-electron chi connectivity index (χ1n) is 6.22. The first-order chi connectivity index (χ1) is 8.65. The Bertz CT molecular complexity index is 360. The van der Waals surface area contributed by atoms with Gasteiger partial charge in [0, 0.05) is 12.1 Å². The van der Waals surface area contributed by atoms with Crippen LogP contribution in [0.2, 0.25) is 0 Å². The molecule has 1 aromatic carbocycles. The first-order valence-corrected chi connectivity index (χ1v) is 6.22. The molecule has 0 bridgehead atoms. The summed E-state index contributed by atoms with van der Waals surface area (Å²) in [5.74, 6) is 0.367. The Morgan fingerprint density at radius 2 is 1.94 bits per heavy atom. The highest BCUT2D eigenvalue weighted by atomic mass is 16.5. The third-order valence-electron chi connectivity index (χ3n) is 2.61. The van der Waals surface area contributed by atoms with Gasteiger partial charge in [-0.3, -0.25) is 4.79 Å². The summed E-state index contributed by atoms with van der Waals surface area (Å²) in [5.41, 5.74) is 1.87. The van der Waals surface area contributed by atoms with E-state index in [2.05, 4.69) is 19.2 Å². The van der Waals surface area contributed by atoms with E-state index >= 15 is 0 Å². The van der Waals surface area contributed by atoms with Crippen LogP contribution in [0.25, 0.3) is 0 Å². The summed E-state index contributed by atoms with van der Waals surface area (Å²) in [5, 5.41) is 11.3. The van der Waals surface area contributed by atoms with Gasteiger partial charge in [-0.15, -0.1) is 0 Å². The molecule has 0 fully saturated rings. The van der Waals surface area contributed by atoms with Crippen molar-refractivity contribution in [1.82, 2.24) is 5.32 Å². The van der Waals surface area contributed by atoms with Gasteiger partial charge < -0.3 is 15.2 Å². The van der Waals surface area contributed by atoms with E-state index in [0.29, 0.717) is 31.2 Å². The van der Waals surface area contributed by atoms with E-state index in [4.69, 9.17) is 9.84 Å². The predicted molar refractivity (Wildman–Crippen MR) is 70.8 cm³/mol. The first kappa shape index (κ1) is 14.7. The van der Waals surface area contributed by atoms with E-state index in [-0.39, 0.29) is 12.5 Å². The maximum Gasteiger partial charge on any atom is 0.251 e. The van der Waals surface area contributed by atoms with Gasteiger partial charge in [0.05, 0.1) is 19.8 Å². The third kappa shape index (κ3) is 4.85. The van der Waals surface area contributed by atoms with E-state index < -0.39 is 0 Å². The van der Waals surface area contributed by atoms with Crippen LogP contribution >= 0.6 is 0 Å². The molecule has 100 valence electrons. The Labute approximate surface area is 108 Å². The molecule has 0 heterocycles. The second-order valence-corrected chi connectivity index (χ2v) is 4.37. The molecule has 0 spiro atoms.